The van der Waals surface area contributed by atoms with E-state index in [1.165, 1.54) is 22.3 Å². The van der Waals surface area contributed by atoms with Gasteiger partial charge in [-0.25, -0.2) is 13.8 Å². The number of hydrogen-bond acceptors (Lipinski definition) is 5. The maximum atomic E-state index is 13.3. The molecule has 1 aromatic carbocycles. The van der Waals surface area contributed by atoms with Crippen LogP contribution in [0, 0.1) is 11.6 Å². The Morgan fingerprint density at radius 3 is 2.80 bits per heavy atom. The maximum Gasteiger partial charge on any atom is 0.240 e. The minimum absolute atomic E-state index is 0.176. The Hall–Kier alpha value is -2.16. The van der Waals surface area contributed by atoms with Gasteiger partial charge in [0.1, 0.15) is 0 Å². The van der Waals surface area contributed by atoms with E-state index < -0.39 is 11.6 Å². The van der Waals surface area contributed by atoms with Gasteiger partial charge < -0.3 is 5.32 Å². The van der Waals surface area contributed by atoms with Crippen LogP contribution in [0.25, 0.3) is 11.3 Å². The summed E-state index contributed by atoms with van der Waals surface area (Å²) in [6.45, 7) is 0.932. The second-order valence-electron chi connectivity index (χ2n) is 5.47. The topological polar surface area (TPSA) is 45.2 Å². The van der Waals surface area contributed by atoms with Gasteiger partial charge in [-0.15, -0.1) is 22.7 Å². The van der Waals surface area contributed by atoms with Crippen LogP contribution in [0.4, 0.5) is 13.9 Å². The number of aromatic nitrogens is 1. The fourth-order valence-electron chi connectivity index (χ4n) is 2.25. The predicted octanol–water partition coefficient (Wildman–Crippen LogP) is 4.22. The van der Waals surface area contributed by atoms with Crippen LogP contribution in [0.1, 0.15) is 4.88 Å². The summed E-state index contributed by atoms with van der Waals surface area (Å²) in [5.74, 6) is -2.00. The van der Waals surface area contributed by atoms with Crippen LogP contribution in [0.2, 0.25) is 0 Å². The average Bonchev–Trinajstić information content (AvgIpc) is 3.21. The van der Waals surface area contributed by atoms with Crippen LogP contribution in [-0.4, -0.2) is 29.4 Å². The number of rotatable bonds is 6. The van der Waals surface area contributed by atoms with Gasteiger partial charge in [-0.3, -0.25) is 9.69 Å². The van der Waals surface area contributed by atoms with Crippen molar-refractivity contribution in [1.82, 2.24) is 9.88 Å². The number of carbonyl (C=O) groups is 1. The monoisotopic (exact) mass is 379 g/mol. The van der Waals surface area contributed by atoms with E-state index in [0.29, 0.717) is 22.9 Å². The maximum absolute atomic E-state index is 13.3. The molecule has 8 heteroatoms. The van der Waals surface area contributed by atoms with Crippen molar-refractivity contribution in [3.8, 4) is 11.3 Å². The largest absolute Gasteiger partial charge is 0.301 e. The molecule has 0 saturated carbocycles. The lowest BCUT2D eigenvalue weighted by molar-refractivity contribution is -0.117. The normalized spacial score (nSPS) is 11.0. The molecule has 0 fully saturated rings. The number of thiophene rings is 1. The summed E-state index contributed by atoms with van der Waals surface area (Å²) in [5.41, 5.74) is 0.955. The van der Waals surface area contributed by atoms with E-state index in [-0.39, 0.29) is 12.5 Å². The zero-order chi connectivity index (χ0) is 17.8. The van der Waals surface area contributed by atoms with Gasteiger partial charge in [0.2, 0.25) is 5.91 Å². The molecule has 25 heavy (non-hydrogen) atoms. The number of carbonyl (C=O) groups excluding carboxylic acids is 1. The molecule has 2 aromatic heterocycles. The summed E-state index contributed by atoms with van der Waals surface area (Å²) in [6.07, 6.45) is 0. The third-order valence-electron chi connectivity index (χ3n) is 3.39. The van der Waals surface area contributed by atoms with E-state index in [1.54, 1.807) is 16.7 Å². The van der Waals surface area contributed by atoms with Crippen molar-refractivity contribution in [3.63, 3.8) is 0 Å². The fraction of sp³-hybridized carbons (Fsp3) is 0.176. The highest BCUT2D eigenvalue weighted by Gasteiger charge is 2.12. The third-order valence-corrected chi connectivity index (χ3v) is 5.00. The number of hydrogen-bond donors (Lipinski definition) is 1. The minimum atomic E-state index is -0.925. The number of halogens is 2. The first-order chi connectivity index (χ1) is 12.0. The molecule has 130 valence electrons. The first kappa shape index (κ1) is 17.7. The predicted molar refractivity (Wildman–Crippen MR) is 96.7 cm³/mol. The Bertz CT molecular complexity index is 865. The standard InChI is InChI=1S/C17H15F2N3OS2/c1-22(8-12-3-2-6-24-12)9-16(23)21-17-20-15(10-25-17)11-4-5-13(18)14(19)7-11/h2-7,10H,8-9H2,1H3,(H,20,21,23). The summed E-state index contributed by atoms with van der Waals surface area (Å²) in [5, 5.41) is 6.85. The van der Waals surface area contributed by atoms with Crippen LogP contribution in [0.15, 0.2) is 41.1 Å². The van der Waals surface area contributed by atoms with Gasteiger partial charge in [-0.1, -0.05) is 6.07 Å². The van der Waals surface area contributed by atoms with Crippen molar-refractivity contribution in [2.75, 3.05) is 18.9 Å². The van der Waals surface area contributed by atoms with E-state index in [0.717, 1.165) is 12.1 Å². The van der Waals surface area contributed by atoms with Crippen LogP contribution >= 0.6 is 22.7 Å². The van der Waals surface area contributed by atoms with Gasteiger partial charge >= 0.3 is 0 Å². The second kappa shape index (κ2) is 7.81. The smallest absolute Gasteiger partial charge is 0.240 e. The van der Waals surface area contributed by atoms with E-state index in [9.17, 15) is 13.6 Å². The lowest BCUT2D eigenvalue weighted by Gasteiger charge is -2.14. The number of nitrogens with one attached hydrogen (secondary N) is 1. The molecule has 0 unspecified atom stereocenters. The van der Waals surface area contributed by atoms with E-state index >= 15 is 0 Å². The van der Waals surface area contributed by atoms with Crippen molar-refractivity contribution < 1.29 is 13.6 Å². The van der Waals surface area contributed by atoms with E-state index in [4.69, 9.17) is 0 Å². The number of thiazole rings is 1. The lowest BCUT2D eigenvalue weighted by atomic mass is 10.2. The van der Waals surface area contributed by atoms with E-state index in [2.05, 4.69) is 10.3 Å². The Morgan fingerprint density at radius 2 is 2.08 bits per heavy atom. The SMILES string of the molecule is CN(CC(=O)Nc1nc(-c2ccc(F)c(F)c2)cs1)Cc1cccs1. The number of nitrogens with zero attached hydrogens (tertiary/aromatic N) is 2. The zero-order valence-electron chi connectivity index (χ0n) is 13.3. The van der Waals surface area contributed by atoms with Crippen molar-refractivity contribution in [2.45, 2.75) is 6.54 Å². The Morgan fingerprint density at radius 1 is 1.24 bits per heavy atom. The number of benzene rings is 1. The molecule has 0 saturated heterocycles. The first-order valence-electron chi connectivity index (χ1n) is 7.43. The Labute approximate surface area is 151 Å². The quantitative estimate of drug-likeness (QED) is 0.697. The highest BCUT2D eigenvalue weighted by molar-refractivity contribution is 7.14. The summed E-state index contributed by atoms with van der Waals surface area (Å²) in [7, 11) is 1.87. The second-order valence-corrected chi connectivity index (χ2v) is 7.36. The van der Waals surface area contributed by atoms with Gasteiger partial charge in [0.05, 0.1) is 12.2 Å². The molecule has 3 rings (SSSR count). The molecule has 1 N–H and O–H groups in total. The molecule has 0 spiro atoms. The van der Waals surface area contributed by atoms with Gasteiger partial charge in [-0.2, -0.15) is 0 Å². The van der Waals surface area contributed by atoms with Crippen molar-refractivity contribution >= 4 is 33.7 Å². The first-order valence-corrected chi connectivity index (χ1v) is 9.19. The molecule has 0 bridgehead atoms. The van der Waals surface area contributed by atoms with Crippen LogP contribution in [0.5, 0.6) is 0 Å². The van der Waals surface area contributed by atoms with Gasteiger partial charge in [0, 0.05) is 22.4 Å². The van der Waals surface area contributed by atoms with Gasteiger partial charge in [0.15, 0.2) is 16.8 Å². The zero-order valence-corrected chi connectivity index (χ0v) is 15.0. The third kappa shape index (κ3) is 4.68. The number of anilines is 1. The van der Waals surface area contributed by atoms with Crippen molar-refractivity contribution in [3.05, 3.63) is 57.6 Å². The molecule has 0 atom stereocenters. The summed E-state index contributed by atoms with van der Waals surface area (Å²) >= 11 is 2.88. The van der Waals surface area contributed by atoms with Crippen LogP contribution in [-0.2, 0) is 11.3 Å². The molecule has 0 aliphatic rings. The molecule has 1 amide bonds. The van der Waals surface area contributed by atoms with Crippen molar-refractivity contribution in [2.24, 2.45) is 0 Å². The highest BCUT2D eigenvalue weighted by Crippen LogP contribution is 2.26. The fourth-order valence-corrected chi connectivity index (χ4v) is 3.77. The number of likely N-dealkylation sites (N-methyl/N-ethyl adjacent to an activating group) is 1. The van der Waals surface area contributed by atoms with Crippen LogP contribution in [0.3, 0.4) is 0 Å². The van der Waals surface area contributed by atoms with Gasteiger partial charge in [-0.05, 0) is 36.7 Å². The molecular weight excluding hydrogens is 364 g/mol. The van der Waals surface area contributed by atoms with Crippen LogP contribution < -0.4 is 5.32 Å². The lowest BCUT2D eigenvalue weighted by Crippen LogP contribution is -2.29. The molecule has 2 heterocycles. The highest BCUT2D eigenvalue weighted by atomic mass is 32.1. The Kier molecular flexibility index (Phi) is 5.52. The minimum Gasteiger partial charge on any atom is -0.301 e. The summed E-state index contributed by atoms with van der Waals surface area (Å²) < 4.78 is 26.3. The molecule has 3 aromatic rings. The summed E-state index contributed by atoms with van der Waals surface area (Å²) in [4.78, 5) is 19.5. The van der Waals surface area contributed by atoms with Gasteiger partial charge in [0.25, 0.3) is 0 Å². The average molecular weight is 379 g/mol. The molecule has 0 radical (unpaired) electrons. The number of amides is 1. The summed E-state index contributed by atoms with van der Waals surface area (Å²) in [6, 6.07) is 7.60. The van der Waals surface area contributed by atoms with Crippen molar-refractivity contribution in [1.29, 1.82) is 0 Å². The molecular formula is C17H15F2N3OS2. The molecule has 0 aliphatic carbocycles. The Balaban J connectivity index is 1.58. The molecule has 4 nitrogen and oxygen atoms in total. The van der Waals surface area contributed by atoms with E-state index in [1.807, 2.05) is 29.5 Å². The molecule has 0 aliphatic heterocycles.